The van der Waals surface area contributed by atoms with Gasteiger partial charge in [0.1, 0.15) is 6.04 Å². The third-order valence-corrected chi connectivity index (χ3v) is 9.92. The molecule has 6 atom stereocenters. The van der Waals surface area contributed by atoms with E-state index >= 15 is 0 Å². The minimum Gasteiger partial charge on any atom is -0.465 e. The summed E-state index contributed by atoms with van der Waals surface area (Å²) in [6, 6.07) is -1.23. The van der Waals surface area contributed by atoms with Crippen molar-refractivity contribution in [2.45, 2.75) is 87.3 Å². The monoisotopic (exact) mass is 506 g/mol. The van der Waals surface area contributed by atoms with Crippen molar-refractivity contribution in [3.63, 3.8) is 0 Å². The Bertz CT molecular complexity index is 834. The molecule has 3 fully saturated rings. The number of esters is 1. The highest BCUT2D eigenvalue weighted by Crippen LogP contribution is 2.71. The lowest BCUT2D eigenvalue weighted by Crippen LogP contribution is -2.57. The summed E-state index contributed by atoms with van der Waals surface area (Å²) in [6.45, 7) is 14.5. The molecule has 0 radical (unpaired) electrons. The number of amides is 2. The molecule has 0 aromatic heterocycles. The van der Waals surface area contributed by atoms with Gasteiger partial charge in [0.25, 0.3) is 0 Å². The van der Waals surface area contributed by atoms with Gasteiger partial charge in [-0.2, -0.15) is 0 Å². The van der Waals surface area contributed by atoms with Crippen molar-refractivity contribution in [3.8, 4) is 0 Å². The normalized spacial score (nSPS) is 31.8. The highest BCUT2D eigenvalue weighted by atomic mass is 32.2. The van der Waals surface area contributed by atoms with Crippen LogP contribution in [0.5, 0.6) is 0 Å². The fraction of sp³-hybridized carbons (Fsp3) is 0.741. The molecule has 7 nitrogen and oxygen atoms in total. The quantitative estimate of drug-likeness (QED) is 0.220. The Morgan fingerprint density at radius 1 is 1.29 bits per heavy atom. The van der Waals surface area contributed by atoms with Crippen LogP contribution in [0.15, 0.2) is 25.3 Å². The second-order valence-electron chi connectivity index (χ2n) is 10.4. The maximum Gasteiger partial charge on any atom is 0.311 e. The number of unbranched alkanes of at least 4 members (excludes halogenated alkanes) is 3. The third-order valence-electron chi connectivity index (χ3n) is 7.93. The third kappa shape index (κ3) is 4.93. The molecule has 2 bridgehead atoms. The van der Waals surface area contributed by atoms with Gasteiger partial charge in [0, 0.05) is 17.8 Å². The Morgan fingerprint density at radius 2 is 2.03 bits per heavy atom. The molecule has 2 amide bonds. The maximum absolute atomic E-state index is 14.1. The number of likely N-dealkylation sites (tertiary alicyclic amines) is 1. The van der Waals surface area contributed by atoms with Crippen LogP contribution in [0.4, 0.5) is 0 Å². The number of carbonyl (C=O) groups excluding carboxylic acids is 3. The zero-order valence-electron chi connectivity index (χ0n) is 21.5. The molecule has 8 heteroatoms. The van der Waals surface area contributed by atoms with E-state index in [0.29, 0.717) is 26.1 Å². The Kier molecular flexibility index (Phi) is 9.13. The lowest BCUT2D eigenvalue weighted by molar-refractivity contribution is -0.156. The number of fused-ring (bicyclic) bond motifs is 1. The molecule has 0 aliphatic carbocycles. The summed E-state index contributed by atoms with van der Waals surface area (Å²) in [4.78, 5) is 44.7. The summed E-state index contributed by atoms with van der Waals surface area (Å²) < 4.78 is 4.55. The Balaban J connectivity index is 1.94. The Labute approximate surface area is 214 Å². The van der Waals surface area contributed by atoms with Crippen molar-refractivity contribution in [1.82, 2.24) is 9.80 Å². The van der Waals surface area contributed by atoms with Crippen molar-refractivity contribution < 1.29 is 24.2 Å². The number of rotatable bonds is 14. The van der Waals surface area contributed by atoms with Gasteiger partial charge in [-0.15, -0.1) is 24.9 Å². The number of carbonyl (C=O) groups is 3. The fourth-order valence-electron chi connectivity index (χ4n) is 6.19. The fourth-order valence-corrected chi connectivity index (χ4v) is 8.51. The van der Waals surface area contributed by atoms with Crippen molar-refractivity contribution in [2.75, 3.05) is 26.3 Å². The first-order valence-electron chi connectivity index (χ1n) is 13.0. The van der Waals surface area contributed by atoms with Crippen LogP contribution >= 0.6 is 11.8 Å². The molecule has 3 heterocycles. The second-order valence-corrected chi connectivity index (χ2v) is 12.3. The largest absolute Gasteiger partial charge is 0.465 e. The number of aliphatic hydroxyl groups excluding tert-OH is 1. The van der Waals surface area contributed by atoms with Crippen LogP contribution in [-0.4, -0.2) is 80.6 Å². The van der Waals surface area contributed by atoms with E-state index in [9.17, 15) is 19.5 Å². The molecule has 35 heavy (non-hydrogen) atoms. The first-order chi connectivity index (χ1) is 16.7. The smallest absolute Gasteiger partial charge is 0.311 e. The van der Waals surface area contributed by atoms with E-state index in [2.05, 4.69) is 20.1 Å². The molecule has 196 valence electrons. The summed E-state index contributed by atoms with van der Waals surface area (Å²) in [5, 5.41) is 10.00. The van der Waals surface area contributed by atoms with E-state index in [1.807, 2.05) is 13.0 Å². The van der Waals surface area contributed by atoms with Gasteiger partial charge in [-0.25, -0.2) is 0 Å². The molecule has 3 saturated heterocycles. The summed E-state index contributed by atoms with van der Waals surface area (Å²) in [5.41, 5.74) is 0. The van der Waals surface area contributed by atoms with E-state index < -0.39 is 33.4 Å². The predicted octanol–water partition coefficient (Wildman–Crippen LogP) is 3.56. The van der Waals surface area contributed by atoms with E-state index in [4.69, 9.17) is 4.74 Å². The molecule has 0 aromatic rings. The van der Waals surface area contributed by atoms with Crippen molar-refractivity contribution in [3.05, 3.63) is 25.3 Å². The van der Waals surface area contributed by atoms with Crippen molar-refractivity contribution in [1.29, 1.82) is 0 Å². The van der Waals surface area contributed by atoms with Gasteiger partial charge in [0.05, 0.1) is 35.8 Å². The van der Waals surface area contributed by atoms with Crippen LogP contribution in [0, 0.1) is 11.8 Å². The van der Waals surface area contributed by atoms with Crippen LogP contribution in [0.25, 0.3) is 0 Å². The molecule has 1 spiro atoms. The molecule has 0 aromatic carbocycles. The number of allylic oxidation sites excluding steroid dienone is 1. The van der Waals surface area contributed by atoms with E-state index in [0.717, 1.165) is 38.5 Å². The van der Waals surface area contributed by atoms with E-state index in [1.54, 1.807) is 34.6 Å². The minimum atomic E-state index is -0.712. The van der Waals surface area contributed by atoms with Crippen LogP contribution in [0.3, 0.4) is 0 Å². The van der Waals surface area contributed by atoms with E-state index in [1.165, 1.54) is 0 Å². The van der Waals surface area contributed by atoms with Gasteiger partial charge in [-0.05, 0) is 52.4 Å². The molecule has 1 N–H and O–H groups in total. The van der Waals surface area contributed by atoms with Crippen LogP contribution in [0.2, 0.25) is 0 Å². The van der Waals surface area contributed by atoms with Crippen LogP contribution < -0.4 is 0 Å². The predicted molar refractivity (Wildman–Crippen MR) is 139 cm³/mol. The average Bonchev–Trinajstić information content (AvgIpc) is 3.41. The van der Waals surface area contributed by atoms with Crippen molar-refractivity contribution >= 4 is 29.5 Å². The SMILES string of the molecule is C=CCCCCOC(=O)[C@@H]1[C@H]2C(=O)N([C@H](C)CO)C(C(=O)N(CC=C)CCCC)C23CC[C@@]1(C)S3. The Morgan fingerprint density at radius 3 is 2.66 bits per heavy atom. The van der Waals surface area contributed by atoms with Crippen LogP contribution in [-0.2, 0) is 19.1 Å². The molecule has 2 unspecified atom stereocenters. The Hall–Kier alpha value is -1.80. The van der Waals surface area contributed by atoms with Gasteiger partial charge < -0.3 is 19.6 Å². The lowest BCUT2D eigenvalue weighted by atomic mass is 9.66. The average molecular weight is 507 g/mol. The molecule has 3 aliphatic rings. The molecular formula is C27H42N2O5S. The number of hydrogen-bond acceptors (Lipinski definition) is 6. The summed E-state index contributed by atoms with van der Waals surface area (Å²) in [5.74, 6) is -1.86. The van der Waals surface area contributed by atoms with Crippen LogP contribution in [0.1, 0.15) is 65.7 Å². The minimum absolute atomic E-state index is 0.107. The number of aliphatic hydroxyl groups is 1. The standard InChI is InChI=1S/C27H42N2O5S/c1-6-9-11-12-17-34-25(33)21-20-23(31)29(19(4)18-30)22(27(20)14-13-26(21,5)35-27)24(32)28(15-8-3)16-10-7-2/h6,8,19-22,30H,1,3,7,9-18H2,2,4-5H3/t19-,20+,21+,22?,26-,27?/m1/s1. The van der Waals surface area contributed by atoms with Gasteiger partial charge >= 0.3 is 5.97 Å². The lowest BCUT2D eigenvalue weighted by Gasteiger charge is -2.38. The van der Waals surface area contributed by atoms with Gasteiger partial charge in [0.2, 0.25) is 11.8 Å². The highest BCUT2D eigenvalue weighted by Gasteiger charge is 2.78. The first kappa shape index (κ1) is 27.8. The van der Waals surface area contributed by atoms with Gasteiger partial charge in [-0.1, -0.05) is 25.5 Å². The number of thioether (sulfide) groups is 1. The summed E-state index contributed by atoms with van der Waals surface area (Å²) >= 11 is 1.64. The first-order valence-corrected chi connectivity index (χ1v) is 13.8. The molecular weight excluding hydrogens is 464 g/mol. The van der Waals surface area contributed by atoms with Gasteiger partial charge in [-0.3, -0.25) is 14.4 Å². The summed E-state index contributed by atoms with van der Waals surface area (Å²) in [6.07, 6.45) is 9.33. The zero-order valence-corrected chi connectivity index (χ0v) is 22.4. The zero-order chi connectivity index (χ0) is 25.8. The summed E-state index contributed by atoms with van der Waals surface area (Å²) in [7, 11) is 0. The number of nitrogens with zero attached hydrogens (tertiary/aromatic N) is 2. The maximum atomic E-state index is 14.1. The number of hydrogen-bond donors (Lipinski definition) is 1. The van der Waals surface area contributed by atoms with E-state index in [-0.39, 0.29) is 24.4 Å². The molecule has 3 rings (SSSR count). The van der Waals surface area contributed by atoms with Crippen molar-refractivity contribution in [2.24, 2.45) is 11.8 Å². The second kappa shape index (κ2) is 11.5. The number of ether oxygens (including phenoxy) is 1. The molecule has 3 aliphatic heterocycles. The molecule has 0 saturated carbocycles. The van der Waals surface area contributed by atoms with Gasteiger partial charge in [0.15, 0.2) is 0 Å². The highest BCUT2D eigenvalue weighted by molar-refractivity contribution is 8.02. The topological polar surface area (TPSA) is 87.1 Å².